The van der Waals surface area contributed by atoms with E-state index in [4.69, 9.17) is 5.11 Å². The number of amides is 1. The van der Waals surface area contributed by atoms with E-state index in [1.165, 1.54) is 36.4 Å². The second kappa shape index (κ2) is 7.36. The van der Waals surface area contributed by atoms with E-state index in [0.717, 1.165) is 17.0 Å². The highest BCUT2D eigenvalue weighted by atomic mass is 19.1. The molecule has 2 aromatic carbocycles. The molecule has 0 aromatic heterocycles. The second-order valence-corrected chi connectivity index (χ2v) is 4.86. The lowest BCUT2D eigenvalue weighted by Crippen LogP contribution is -2.29. The van der Waals surface area contributed by atoms with Crippen LogP contribution in [0.3, 0.4) is 0 Å². The lowest BCUT2D eigenvalue weighted by molar-refractivity contribution is -0.135. The highest BCUT2D eigenvalue weighted by molar-refractivity contribution is 6.04. The quantitative estimate of drug-likeness (QED) is 0.651. The normalized spacial score (nSPS) is 11.2. The molecule has 1 amide bonds. The Balaban J connectivity index is 2.35. The molecule has 0 aliphatic heterocycles. The number of carbonyl (C=O) groups is 2. The standard InChI is InChI=1S/C17H13F2NO4/c18-12-3-1-11(2-4-12)10-20(14-7-5-13(19)6-8-14)16(22)9-15(21)17(23)24/h1-9,21H,10H2,(H,23,24)/b15-9-. The van der Waals surface area contributed by atoms with Crippen molar-refractivity contribution in [1.82, 2.24) is 0 Å². The van der Waals surface area contributed by atoms with Crippen molar-refractivity contribution in [2.45, 2.75) is 6.54 Å². The molecule has 2 aromatic rings. The van der Waals surface area contributed by atoms with E-state index in [-0.39, 0.29) is 6.54 Å². The number of carboxylic acid groups (broad SMARTS) is 1. The molecule has 0 saturated carbocycles. The summed E-state index contributed by atoms with van der Waals surface area (Å²) in [6.07, 6.45) is 0.551. The van der Waals surface area contributed by atoms with Crippen molar-refractivity contribution >= 4 is 17.6 Å². The number of anilines is 1. The van der Waals surface area contributed by atoms with Crippen LogP contribution in [-0.4, -0.2) is 22.1 Å². The molecular weight excluding hydrogens is 320 g/mol. The first-order valence-electron chi connectivity index (χ1n) is 6.82. The van der Waals surface area contributed by atoms with Crippen LogP contribution in [0.2, 0.25) is 0 Å². The van der Waals surface area contributed by atoms with Gasteiger partial charge in [-0.2, -0.15) is 0 Å². The van der Waals surface area contributed by atoms with Crippen LogP contribution in [0.1, 0.15) is 5.56 Å². The molecule has 0 atom stereocenters. The average Bonchev–Trinajstić information content (AvgIpc) is 2.55. The van der Waals surface area contributed by atoms with Crippen LogP contribution < -0.4 is 4.90 Å². The Labute approximate surface area is 136 Å². The number of benzene rings is 2. The van der Waals surface area contributed by atoms with Crippen molar-refractivity contribution in [2.24, 2.45) is 0 Å². The molecule has 0 unspecified atom stereocenters. The van der Waals surface area contributed by atoms with E-state index in [1.807, 2.05) is 0 Å². The second-order valence-electron chi connectivity index (χ2n) is 4.86. The van der Waals surface area contributed by atoms with Gasteiger partial charge in [-0.3, -0.25) is 4.79 Å². The van der Waals surface area contributed by atoms with E-state index < -0.39 is 29.3 Å². The van der Waals surface area contributed by atoms with Crippen LogP contribution in [0.25, 0.3) is 0 Å². The first kappa shape index (κ1) is 17.1. The molecule has 2 rings (SSSR count). The average molecular weight is 333 g/mol. The third-order valence-electron chi connectivity index (χ3n) is 3.14. The summed E-state index contributed by atoms with van der Waals surface area (Å²) < 4.78 is 26.0. The monoisotopic (exact) mass is 333 g/mol. The topological polar surface area (TPSA) is 77.8 Å². The summed E-state index contributed by atoms with van der Waals surface area (Å²) in [5, 5.41) is 17.9. The first-order valence-corrected chi connectivity index (χ1v) is 6.82. The first-order chi connectivity index (χ1) is 11.4. The van der Waals surface area contributed by atoms with Gasteiger partial charge in [0.1, 0.15) is 11.6 Å². The molecule has 24 heavy (non-hydrogen) atoms. The van der Waals surface area contributed by atoms with Crippen molar-refractivity contribution in [3.05, 3.63) is 77.6 Å². The zero-order chi connectivity index (χ0) is 17.7. The SMILES string of the molecule is O=C(O)/C(O)=C/C(=O)N(Cc1ccc(F)cc1)c1ccc(F)cc1. The number of aliphatic hydroxyl groups is 1. The number of nitrogens with zero attached hydrogens (tertiary/aromatic N) is 1. The summed E-state index contributed by atoms with van der Waals surface area (Å²) in [5.41, 5.74) is 0.859. The lowest BCUT2D eigenvalue weighted by atomic mass is 10.2. The van der Waals surface area contributed by atoms with Gasteiger partial charge >= 0.3 is 5.97 Å². The minimum Gasteiger partial charge on any atom is -0.502 e. The van der Waals surface area contributed by atoms with Crippen molar-refractivity contribution in [2.75, 3.05) is 4.90 Å². The van der Waals surface area contributed by atoms with Gasteiger partial charge in [-0.25, -0.2) is 13.6 Å². The Morgan fingerprint density at radius 1 is 0.917 bits per heavy atom. The smallest absolute Gasteiger partial charge is 0.371 e. The van der Waals surface area contributed by atoms with Gasteiger partial charge < -0.3 is 15.1 Å². The van der Waals surface area contributed by atoms with Crippen LogP contribution in [-0.2, 0) is 16.1 Å². The summed E-state index contributed by atoms with van der Waals surface area (Å²) >= 11 is 0. The maximum Gasteiger partial charge on any atom is 0.371 e. The van der Waals surface area contributed by atoms with Gasteiger partial charge in [-0.1, -0.05) is 12.1 Å². The lowest BCUT2D eigenvalue weighted by Gasteiger charge is -2.21. The minimum absolute atomic E-state index is 0.0197. The molecule has 0 bridgehead atoms. The summed E-state index contributed by atoms with van der Waals surface area (Å²) in [7, 11) is 0. The molecule has 0 fully saturated rings. The maximum atomic E-state index is 13.1. The highest BCUT2D eigenvalue weighted by Gasteiger charge is 2.17. The third-order valence-corrected chi connectivity index (χ3v) is 3.14. The third kappa shape index (κ3) is 4.39. The molecule has 0 radical (unpaired) electrons. The van der Waals surface area contributed by atoms with Gasteiger partial charge in [0.2, 0.25) is 5.76 Å². The molecule has 0 heterocycles. The Hall–Kier alpha value is -3.22. The summed E-state index contributed by atoms with van der Waals surface area (Å²) in [6.45, 7) is -0.0197. The fourth-order valence-corrected chi connectivity index (χ4v) is 1.95. The molecule has 0 aliphatic carbocycles. The Kier molecular flexibility index (Phi) is 5.26. The molecule has 2 N–H and O–H groups in total. The zero-order valence-electron chi connectivity index (χ0n) is 12.3. The van der Waals surface area contributed by atoms with Gasteiger partial charge in [0.25, 0.3) is 5.91 Å². The number of aliphatic hydroxyl groups excluding tert-OH is 1. The summed E-state index contributed by atoms with van der Waals surface area (Å²) in [5.74, 6) is -4.53. The summed E-state index contributed by atoms with van der Waals surface area (Å²) in [4.78, 5) is 24.1. The van der Waals surface area contributed by atoms with Crippen LogP contribution in [0.15, 0.2) is 60.4 Å². The predicted octanol–water partition coefficient (Wildman–Crippen LogP) is 3.02. The highest BCUT2D eigenvalue weighted by Crippen LogP contribution is 2.19. The van der Waals surface area contributed by atoms with Crippen molar-refractivity contribution < 1.29 is 28.6 Å². The Bertz CT molecular complexity index is 770. The number of hydrogen-bond acceptors (Lipinski definition) is 3. The number of carbonyl (C=O) groups excluding carboxylic acids is 1. The van der Waals surface area contributed by atoms with Crippen LogP contribution >= 0.6 is 0 Å². The van der Waals surface area contributed by atoms with Gasteiger partial charge in [-0.05, 0) is 42.0 Å². The fourth-order valence-electron chi connectivity index (χ4n) is 1.95. The molecule has 124 valence electrons. The number of aliphatic carboxylic acids is 1. The molecular formula is C17H13F2NO4. The fraction of sp³-hybridized carbons (Fsp3) is 0.0588. The molecule has 0 aliphatic rings. The molecule has 7 heteroatoms. The van der Waals surface area contributed by atoms with Crippen LogP contribution in [0.4, 0.5) is 14.5 Å². The van der Waals surface area contributed by atoms with E-state index >= 15 is 0 Å². The molecule has 0 spiro atoms. The van der Waals surface area contributed by atoms with Crippen LogP contribution in [0.5, 0.6) is 0 Å². The summed E-state index contributed by atoms with van der Waals surface area (Å²) in [6, 6.07) is 10.3. The van der Waals surface area contributed by atoms with E-state index in [1.54, 1.807) is 0 Å². The Morgan fingerprint density at radius 3 is 1.92 bits per heavy atom. The maximum absolute atomic E-state index is 13.1. The van der Waals surface area contributed by atoms with Crippen molar-refractivity contribution in [3.8, 4) is 0 Å². The van der Waals surface area contributed by atoms with Crippen LogP contribution in [0, 0.1) is 11.6 Å². The van der Waals surface area contributed by atoms with Gasteiger partial charge in [0, 0.05) is 5.69 Å². The van der Waals surface area contributed by atoms with Gasteiger partial charge in [0.15, 0.2) is 0 Å². The minimum atomic E-state index is -1.65. The van der Waals surface area contributed by atoms with E-state index in [9.17, 15) is 23.5 Å². The van der Waals surface area contributed by atoms with Gasteiger partial charge in [0.05, 0.1) is 12.6 Å². The van der Waals surface area contributed by atoms with Gasteiger partial charge in [-0.15, -0.1) is 0 Å². The van der Waals surface area contributed by atoms with Crippen molar-refractivity contribution in [1.29, 1.82) is 0 Å². The number of carboxylic acids is 1. The van der Waals surface area contributed by atoms with E-state index in [0.29, 0.717) is 17.3 Å². The van der Waals surface area contributed by atoms with Crippen molar-refractivity contribution in [3.63, 3.8) is 0 Å². The van der Waals surface area contributed by atoms with E-state index in [2.05, 4.69) is 0 Å². The predicted molar refractivity (Wildman–Crippen MR) is 82.3 cm³/mol. The Morgan fingerprint density at radius 2 is 1.42 bits per heavy atom. The number of hydrogen-bond donors (Lipinski definition) is 2. The zero-order valence-corrected chi connectivity index (χ0v) is 12.3. The molecule has 0 saturated heterocycles. The largest absolute Gasteiger partial charge is 0.502 e. The number of halogens is 2. The molecule has 5 nitrogen and oxygen atoms in total. The number of rotatable bonds is 5.